The van der Waals surface area contributed by atoms with Crippen LogP contribution in [0.5, 0.6) is 0 Å². The van der Waals surface area contributed by atoms with E-state index in [4.69, 9.17) is 4.42 Å². The Balaban J connectivity index is 1.78. The van der Waals surface area contributed by atoms with Crippen LogP contribution in [0.4, 0.5) is 0 Å². The molecule has 0 atom stereocenters. The molecular formula is C17H14N2O2. The average molecular weight is 278 g/mol. The molecule has 2 aromatic carbocycles. The molecule has 0 radical (unpaired) electrons. The summed E-state index contributed by atoms with van der Waals surface area (Å²) in [5.74, 6) is 1.20. The molecule has 21 heavy (non-hydrogen) atoms. The minimum absolute atomic E-state index is 0.580. The van der Waals surface area contributed by atoms with Gasteiger partial charge in [-0.15, -0.1) is 10.2 Å². The topological polar surface area (TPSA) is 56.0 Å². The van der Waals surface area contributed by atoms with Gasteiger partial charge in [-0.2, -0.15) is 0 Å². The van der Waals surface area contributed by atoms with Crippen molar-refractivity contribution in [3.63, 3.8) is 0 Å². The number of hydrogen-bond acceptors (Lipinski definition) is 4. The van der Waals surface area contributed by atoms with Crippen molar-refractivity contribution >= 4 is 6.29 Å². The van der Waals surface area contributed by atoms with Crippen LogP contribution in [0.2, 0.25) is 0 Å². The lowest BCUT2D eigenvalue weighted by atomic mass is 10.0. The summed E-state index contributed by atoms with van der Waals surface area (Å²) in [7, 11) is 0. The maximum Gasteiger partial charge on any atom is 0.220 e. The number of benzene rings is 2. The lowest BCUT2D eigenvalue weighted by Gasteiger charge is -2.03. The van der Waals surface area contributed by atoms with Crippen molar-refractivity contribution < 1.29 is 9.21 Å². The summed E-state index contributed by atoms with van der Waals surface area (Å²) in [5.41, 5.74) is 3.99. The molecule has 0 bridgehead atoms. The van der Waals surface area contributed by atoms with Gasteiger partial charge in [-0.05, 0) is 16.7 Å². The van der Waals surface area contributed by atoms with Gasteiger partial charge in [0.15, 0.2) is 0 Å². The average Bonchev–Trinajstić information content (AvgIpc) is 2.93. The van der Waals surface area contributed by atoms with Crippen molar-refractivity contribution in [1.82, 2.24) is 10.2 Å². The smallest absolute Gasteiger partial charge is 0.220 e. The van der Waals surface area contributed by atoms with E-state index < -0.39 is 0 Å². The van der Waals surface area contributed by atoms with Crippen LogP contribution in [-0.4, -0.2) is 16.5 Å². The number of nitrogens with zero attached hydrogens (tertiary/aromatic N) is 2. The number of aryl methyl sites for hydroxylation is 1. The zero-order valence-electron chi connectivity index (χ0n) is 11.6. The molecule has 1 aromatic heterocycles. The van der Waals surface area contributed by atoms with Gasteiger partial charge in [-0.3, -0.25) is 4.79 Å². The van der Waals surface area contributed by atoms with Gasteiger partial charge in [0.05, 0.1) is 6.42 Å². The fourth-order valence-corrected chi connectivity index (χ4v) is 2.15. The van der Waals surface area contributed by atoms with Gasteiger partial charge in [0.2, 0.25) is 11.8 Å². The summed E-state index contributed by atoms with van der Waals surface area (Å²) in [6.45, 7) is 1.78. The Labute approximate surface area is 122 Å². The predicted molar refractivity (Wildman–Crippen MR) is 79.1 cm³/mol. The molecule has 0 saturated carbocycles. The summed E-state index contributed by atoms with van der Waals surface area (Å²) in [6.07, 6.45) is 1.48. The lowest BCUT2D eigenvalue weighted by molar-refractivity contribution is 0.112. The third-order valence-electron chi connectivity index (χ3n) is 3.26. The molecule has 0 aliphatic rings. The van der Waals surface area contributed by atoms with E-state index >= 15 is 0 Å². The molecule has 3 rings (SSSR count). The number of carbonyl (C=O) groups is 1. The standard InChI is InChI=1S/C17H14N2O2/c1-12-18-19-17(21-12)10-13-2-6-15(7-3-13)16-8-4-14(11-20)5-9-16/h2-9,11H,10H2,1H3. The highest BCUT2D eigenvalue weighted by molar-refractivity contribution is 5.76. The van der Waals surface area contributed by atoms with Crippen LogP contribution in [0, 0.1) is 6.92 Å². The quantitative estimate of drug-likeness (QED) is 0.686. The summed E-state index contributed by atoms with van der Waals surface area (Å²) in [5, 5.41) is 7.81. The molecule has 0 spiro atoms. The monoisotopic (exact) mass is 278 g/mol. The SMILES string of the molecule is Cc1nnc(Cc2ccc(-c3ccc(C=O)cc3)cc2)o1. The van der Waals surface area contributed by atoms with Gasteiger partial charge in [0.25, 0.3) is 0 Å². The van der Waals surface area contributed by atoms with Crippen molar-refractivity contribution in [1.29, 1.82) is 0 Å². The second kappa shape index (κ2) is 5.71. The molecular weight excluding hydrogens is 264 g/mol. The van der Waals surface area contributed by atoms with Crippen molar-refractivity contribution in [2.45, 2.75) is 13.3 Å². The Morgan fingerprint density at radius 3 is 2.10 bits per heavy atom. The van der Waals surface area contributed by atoms with Crippen molar-refractivity contribution in [3.05, 3.63) is 71.4 Å². The Bertz CT molecular complexity index is 743. The van der Waals surface area contributed by atoms with Crippen molar-refractivity contribution in [2.75, 3.05) is 0 Å². The van der Waals surface area contributed by atoms with E-state index in [-0.39, 0.29) is 0 Å². The van der Waals surface area contributed by atoms with Gasteiger partial charge in [0.1, 0.15) is 6.29 Å². The third-order valence-corrected chi connectivity index (χ3v) is 3.26. The molecule has 0 fully saturated rings. The Kier molecular flexibility index (Phi) is 3.60. The molecule has 4 nitrogen and oxygen atoms in total. The molecule has 0 aliphatic carbocycles. The van der Waals surface area contributed by atoms with Gasteiger partial charge >= 0.3 is 0 Å². The highest BCUT2D eigenvalue weighted by atomic mass is 16.4. The third kappa shape index (κ3) is 3.05. The largest absolute Gasteiger partial charge is 0.425 e. The normalized spacial score (nSPS) is 10.5. The zero-order valence-corrected chi connectivity index (χ0v) is 11.6. The minimum atomic E-state index is 0.580. The number of aromatic nitrogens is 2. The summed E-state index contributed by atoms with van der Waals surface area (Å²) < 4.78 is 5.37. The van der Waals surface area contributed by atoms with Crippen molar-refractivity contribution in [3.8, 4) is 11.1 Å². The minimum Gasteiger partial charge on any atom is -0.425 e. The van der Waals surface area contributed by atoms with E-state index in [1.807, 2.05) is 36.4 Å². The Morgan fingerprint density at radius 2 is 1.57 bits per heavy atom. The van der Waals surface area contributed by atoms with E-state index in [1.54, 1.807) is 6.92 Å². The maximum absolute atomic E-state index is 10.7. The van der Waals surface area contributed by atoms with Crippen LogP contribution >= 0.6 is 0 Å². The van der Waals surface area contributed by atoms with Crippen LogP contribution in [0.15, 0.2) is 52.9 Å². The Hall–Kier alpha value is -2.75. The van der Waals surface area contributed by atoms with E-state index in [9.17, 15) is 4.79 Å². The van der Waals surface area contributed by atoms with Gasteiger partial charge in [-0.25, -0.2) is 0 Å². The summed E-state index contributed by atoms with van der Waals surface area (Å²) >= 11 is 0. The molecule has 104 valence electrons. The number of aldehydes is 1. The van der Waals surface area contributed by atoms with E-state index in [0.29, 0.717) is 23.8 Å². The van der Waals surface area contributed by atoms with Crippen LogP contribution in [-0.2, 0) is 6.42 Å². The first-order valence-corrected chi connectivity index (χ1v) is 6.68. The molecule has 0 unspecified atom stereocenters. The molecule has 0 saturated heterocycles. The Morgan fingerprint density at radius 1 is 0.952 bits per heavy atom. The van der Waals surface area contributed by atoms with Crippen LogP contribution in [0.1, 0.15) is 27.7 Å². The van der Waals surface area contributed by atoms with Gasteiger partial charge < -0.3 is 4.42 Å². The number of hydrogen-bond donors (Lipinski definition) is 0. The fourth-order valence-electron chi connectivity index (χ4n) is 2.15. The molecule has 0 aliphatic heterocycles. The van der Waals surface area contributed by atoms with Crippen LogP contribution < -0.4 is 0 Å². The predicted octanol–water partition coefficient (Wildman–Crippen LogP) is 3.45. The second-order valence-corrected chi connectivity index (χ2v) is 4.83. The first-order valence-electron chi connectivity index (χ1n) is 6.68. The van der Waals surface area contributed by atoms with E-state index in [2.05, 4.69) is 22.3 Å². The van der Waals surface area contributed by atoms with E-state index in [0.717, 1.165) is 23.0 Å². The molecule has 3 aromatic rings. The summed E-state index contributed by atoms with van der Waals surface area (Å²) in [4.78, 5) is 10.7. The summed E-state index contributed by atoms with van der Waals surface area (Å²) in [6, 6.07) is 15.7. The first kappa shape index (κ1) is 13.2. The number of rotatable bonds is 4. The highest BCUT2D eigenvalue weighted by Crippen LogP contribution is 2.21. The first-order chi connectivity index (χ1) is 10.2. The maximum atomic E-state index is 10.7. The zero-order chi connectivity index (χ0) is 14.7. The van der Waals surface area contributed by atoms with Gasteiger partial charge in [-0.1, -0.05) is 48.5 Å². The number of carbonyl (C=O) groups excluding carboxylic acids is 1. The van der Waals surface area contributed by atoms with Crippen LogP contribution in [0.3, 0.4) is 0 Å². The second-order valence-electron chi connectivity index (χ2n) is 4.83. The fraction of sp³-hybridized carbons (Fsp3) is 0.118. The highest BCUT2D eigenvalue weighted by Gasteiger charge is 2.04. The van der Waals surface area contributed by atoms with Crippen LogP contribution in [0.25, 0.3) is 11.1 Å². The lowest BCUT2D eigenvalue weighted by Crippen LogP contribution is -1.89. The molecule has 0 amide bonds. The van der Waals surface area contributed by atoms with E-state index in [1.165, 1.54) is 0 Å². The molecule has 4 heteroatoms. The van der Waals surface area contributed by atoms with Crippen molar-refractivity contribution in [2.24, 2.45) is 0 Å². The molecule has 0 N–H and O–H groups in total. The van der Waals surface area contributed by atoms with Gasteiger partial charge in [0, 0.05) is 12.5 Å². The molecule has 1 heterocycles.